The molecule has 1 aliphatic heterocycles. The molecule has 0 saturated carbocycles. The lowest BCUT2D eigenvalue weighted by molar-refractivity contribution is -0.0972. The first-order valence-corrected chi connectivity index (χ1v) is 10.3. The smallest absolute Gasteiger partial charge is 0.240 e. The van der Waals surface area contributed by atoms with Gasteiger partial charge >= 0.3 is 0 Å². The Morgan fingerprint density at radius 2 is 1.76 bits per heavy atom. The van der Waals surface area contributed by atoms with Crippen molar-refractivity contribution in [2.24, 2.45) is 5.41 Å². The molecule has 2 heterocycles. The molecule has 0 bridgehead atoms. The number of rotatable bonds is 6. The number of aromatic nitrogens is 2. The summed E-state index contributed by atoms with van der Waals surface area (Å²) in [5.74, 6) is -2.91. The van der Waals surface area contributed by atoms with E-state index in [1.165, 1.54) is 37.5 Å². The van der Waals surface area contributed by atoms with E-state index in [0.29, 0.717) is 23.7 Å². The first-order chi connectivity index (χ1) is 11.5. The number of hydrogen-bond donors (Lipinski definition) is 0. The zero-order chi connectivity index (χ0) is 18.9. The Labute approximate surface area is 152 Å². The minimum absolute atomic E-state index is 0.0498. The van der Waals surface area contributed by atoms with E-state index in [1.807, 2.05) is 0 Å². The molecule has 2 rings (SSSR count). The molecular weight excluding hydrogens is 372 g/mol. The summed E-state index contributed by atoms with van der Waals surface area (Å²) in [5, 5.41) is 0.447. The highest BCUT2D eigenvalue weighted by Crippen LogP contribution is 2.40. The average Bonchev–Trinajstić information content (AvgIpc) is 2.54. The van der Waals surface area contributed by atoms with Gasteiger partial charge in [-0.2, -0.15) is 0 Å². The molecule has 0 aliphatic carbocycles. The van der Waals surface area contributed by atoms with Crippen molar-refractivity contribution < 1.29 is 17.2 Å². The van der Waals surface area contributed by atoms with E-state index in [-0.39, 0.29) is 25.4 Å². The molecule has 1 aromatic heterocycles. The molecule has 1 aliphatic rings. The van der Waals surface area contributed by atoms with Crippen molar-refractivity contribution in [2.45, 2.75) is 51.9 Å². The Morgan fingerprint density at radius 1 is 1.24 bits per heavy atom. The Kier molecular flexibility index (Phi) is 6.06. The van der Waals surface area contributed by atoms with Crippen LogP contribution in [0.3, 0.4) is 0 Å². The fraction of sp³-hybridized carbons (Fsp3) is 0.750. The van der Waals surface area contributed by atoms with Gasteiger partial charge in [0.1, 0.15) is 5.82 Å². The summed E-state index contributed by atoms with van der Waals surface area (Å²) < 4.78 is 54.6. The van der Waals surface area contributed by atoms with Gasteiger partial charge in [-0.3, -0.25) is 0 Å². The predicted octanol–water partition coefficient (Wildman–Crippen LogP) is 3.71. The monoisotopic (exact) mass is 395 g/mol. The second-order valence-electron chi connectivity index (χ2n) is 7.13. The number of hydrogen-bond acceptors (Lipinski definition) is 4. The number of halogens is 3. The van der Waals surface area contributed by atoms with E-state index >= 15 is 0 Å². The molecule has 0 radical (unpaired) electrons. The maximum absolute atomic E-state index is 14.0. The molecular formula is C16H24ClF2N3O2S. The standard InChI is InChI=1S/C16H24ClF2N3O2S/c1-4-16(18,19)15(2,3)11-25(23,24)22-7-5-12(6-8-22)14-20-9-13(17)10-21-14/h9-10,12H,4-8,11H2,1-3H3. The molecule has 0 spiro atoms. The summed E-state index contributed by atoms with van der Waals surface area (Å²) in [6.07, 6.45) is 3.77. The summed E-state index contributed by atoms with van der Waals surface area (Å²) in [7, 11) is -3.76. The SMILES string of the molecule is CCC(F)(F)C(C)(C)CS(=O)(=O)N1CCC(c2ncc(Cl)cn2)CC1. The lowest BCUT2D eigenvalue weighted by Crippen LogP contribution is -2.47. The van der Waals surface area contributed by atoms with Crippen LogP contribution in [0.1, 0.15) is 51.8 Å². The molecule has 1 aromatic rings. The first-order valence-electron chi connectivity index (χ1n) is 8.31. The van der Waals surface area contributed by atoms with E-state index in [1.54, 1.807) is 0 Å². The van der Waals surface area contributed by atoms with Crippen LogP contribution in [0.5, 0.6) is 0 Å². The Balaban J connectivity index is 2.02. The summed E-state index contributed by atoms with van der Waals surface area (Å²) in [6, 6.07) is 0. The van der Waals surface area contributed by atoms with Crippen LogP contribution < -0.4 is 0 Å². The van der Waals surface area contributed by atoms with Gasteiger partial charge < -0.3 is 0 Å². The molecule has 1 fully saturated rings. The Bertz CT molecular complexity index is 688. The van der Waals surface area contributed by atoms with Crippen molar-refractivity contribution in [1.82, 2.24) is 14.3 Å². The largest absolute Gasteiger partial charge is 0.253 e. The number of piperidine rings is 1. The van der Waals surface area contributed by atoms with Crippen LogP contribution in [-0.2, 0) is 10.0 Å². The van der Waals surface area contributed by atoms with Gasteiger partial charge in [0.15, 0.2) is 0 Å². The third kappa shape index (κ3) is 4.65. The van der Waals surface area contributed by atoms with Crippen molar-refractivity contribution in [3.8, 4) is 0 Å². The van der Waals surface area contributed by atoms with Crippen molar-refractivity contribution >= 4 is 21.6 Å². The van der Waals surface area contributed by atoms with Gasteiger partial charge in [0.25, 0.3) is 5.92 Å². The van der Waals surface area contributed by atoms with E-state index in [4.69, 9.17) is 11.6 Å². The van der Waals surface area contributed by atoms with Gasteiger partial charge in [0, 0.05) is 43.2 Å². The van der Waals surface area contributed by atoms with Crippen LogP contribution >= 0.6 is 11.6 Å². The van der Waals surface area contributed by atoms with Gasteiger partial charge in [0.2, 0.25) is 10.0 Å². The summed E-state index contributed by atoms with van der Waals surface area (Å²) >= 11 is 5.77. The first kappa shape index (κ1) is 20.5. The molecule has 0 aromatic carbocycles. The predicted molar refractivity (Wildman–Crippen MR) is 93.4 cm³/mol. The molecule has 1 saturated heterocycles. The molecule has 142 valence electrons. The Hall–Kier alpha value is -0.860. The van der Waals surface area contributed by atoms with Gasteiger partial charge in [0.05, 0.1) is 10.8 Å². The molecule has 0 unspecified atom stereocenters. The maximum atomic E-state index is 14.0. The molecule has 25 heavy (non-hydrogen) atoms. The highest BCUT2D eigenvalue weighted by Gasteiger charge is 2.48. The van der Waals surface area contributed by atoms with E-state index in [9.17, 15) is 17.2 Å². The summed E-state index contributed by atoms with van der Waals surface area (Å²) in [6.45, 7) is 4.55. The van der Waals surface area contributed by atoms with Crippen LogP contribution in [0, 0.1) is 5.41 Å². The fourth-order valence-electron chi connectivity index (χ4n) is 3.06. The molecule has 9 heteroatoms. The molecule has 0 N–H and O–H groups in total. The molecule has 0 atom stereocenters. The summed E-state index contributed by atoms with van der Waals surface area (Å²) in [4.78, 5) is 8.36. The lowest BCUT2D eigenvalue weighted by atomic mass is 9.86. The van der Waals surface area contributed by atoms with Gasteiger partial charge in [-0.25, -0.2) is 31.5 Å². The minimum Gasteiger partial charge on any atom is -0.240 e. The fourth-order valence-corrected chi connectivity index (χ4v) is 5.23. The summed E-state index contributed by atoms with van der Waals surface area (Å²) in [5.41, 5.74) is -1.61. The second-order valence-corrected chi connectivity index (χ2v) is 9.54. The number of nitrogens with zero attached hydrogens (tertiary/aromatic N) is 3. The minimum atomic E-state index is -3.76. The topological polar surface area (TPSA) is 63.2 Å². The van der Waals surface area contributed by atoms with Crippen molar-refractivity contribution in [3.63, 3.8) is 0 Å². The van der Waals surface area contributed by atoms with Crippen LogP contribution in [-0.4, -0.2) is 47.5 Å². The third-order valence-electron chi connectivity index (χ3n) is 4.83. The maximum Gasteiger partial charge on any atom is 0.253 e. The normalized spacial score (nSPS) is 18.5. The zero-order valence-corrected chi connectivity index (χ0v) is 16.2. The highest BCUT2D eigenvalue weighted by atomic mass is 35.5. The zero-order valence-electron chi connectivity index (χ0n) is 14.7. The molecule has 5 nitrogen and oxygen atoms in total. The van der Waals surface area contributed by atoms with E-state index < -0.39 is 27.1 Å². The van der Waals surface area contributed by atoms with Crippen LogP contribution in [0.4, 0.5) is 8.78 Å². The average molecular weight is 396 g/mol. The Morgan fingerprint density at radius 3 is 2.24 bits per heavy atom. The van der Waals surface area contributed by atoms with Crippen molar-refractivity contribution in [2.75, 3.05) is 18.8 Å². The lowest BCUT2D eigenvalue weighted by Gasteiger charge is -2.36. The quantitative estimate of drug-likeness (QED) is 0.736. The van der Waals surface area contributed by atoms with Crippen molar-refractivity contribution in [1.29, 1.82) is 0 Å². The van der Waals surface area contributed by atoms with E-state index in [2.05, 4.69) is 9.97 Å². The van der Waals surface area contributed by atoms with E-state index in [0.717, 1.165) is 0 Å². The third-order valence-corrected chi connectivity index (χ3v) is 7.26. The number of alkyl halides is 2. The molecule has 0 amide bonds. The van der Waals surface area contributed by atoms with Gasteiger partial charge in [-0.15, -0.1) is 0 Å². The van der Waals surface area contributed by atoms with Gasteiger partial charge in [-0.05, 0) is 12.8 Å². The van der Waals surface area contributed by atoms with Crippen molar-refractivity contribution in [3.05, 3.63) is 23.2 Å². The van der Waals surface area contributed by atoms with Crippen LogP contribution in [0.15, 0.2) is 12.4 Å². The van der Waals surface area contributed by atoms with Crippen LogP contribution in [0.2, 0.25) is 5.02 Å². The number of sulfonamides is 1. The van der Waals surface area contributed by atoms with Crippen LogP contribution in [0.25, 0.3) is 0 Å². The van der Waals surface area contributed by atoms with Gasteiger partial charge in [-0.1, -0.05) is 32.4 Å². The second kappa shape index (κ2) is 7.40. The highest BCUT2D eigenvalue weighted by molar-refractivity contribution is 7.89.